The molecule has 2 aliphatic carbocycles. The van der Waals surface area contributed by atoms with Crippen LogP contribution in [0.1, 0.15) is 134 Å². The van der Waals surface area contributed by atoms with E-state index in [1.807, 2.05) is 0 Å². The van der Waals surface area contributed by atoms with E-state index < -0.39 is 21.3 Å². The van der Waals surface area contributed by atoms with Crippen molar-refractivity contribution < 1.29 is 21.3 Å². The summed E-state index contributed by atoms with van der Waals surface area (Å²) in [6.07, 6.45) is 9.32. The summed E-state index contributed by atoms with van der Waals surface area (Å²) in [4.78, 5) is 0. The van der Waals surface area contributed by atoms with Crippen LogP contribution in [-0.4, -0.2) is 3.21 Å². The fourth-order valence-electron chi connectivity index (χ4n) is 9.65. The van der Waals surface area contributed by atoms with Gasteiger partial charge in [-0.3, -0.25) is 0 Å². The van der Waals surface area contributed by atoms with Gasteiger partial charge in [0.1, 0.15) is 0 Å². The summed E-state index contributed by atoms with van der Waals surface area (Å²) in [5, 5.41) is 5.34. The molecule has 0 fully saturated rings. The van der Waals surface area contributed by atoms with E-state index in [1.54, 1.807) is 20.9 Å². The van der Waals surface area contributed by atoms with E-state index in [1.165, 1.54) is 66.1 Å². The number of benzene rings is 6. The van der Waals surface area contributed by atoms with Crippen molar-refractivity contribution in [1.82, 2.24) is 0 Å². The van der Waals surface area contributed by atoms with E-state index in [9.17, 15) is 0 Å². The average Bonchev–Trinajstić information content (AvgIpc) is 3.79. The van der Waals surface area contributed by atoms with Gasteiger partial charge in [0.05, 0.1) is 0 Å². The van der Waals surface area contributed by atoms with Crippen LogP contribution in [-0.2, 0) is 49.3 Å². The Bertz CT molecular complexity index is 2550. The summed E-state index contributed by atoms with van der Waals surface area (Å²) in [6.45, 7) is 29.2. The van der Waals surface area contributed by atoms with Crippen LogP contribution < -0.4 is 3.27 Å². The zero-order chi connectivity index (χ0) is 39.9. The van der Waals surface area contributed by atoms with E-state index in [0.717, 1.165) is 12.8 Å². The third-order valence-electron chi connectivity index (χ3n) is 12.2. The molecule has 0 spiro atoms. The standard InChI is InChI=1S/C29H41.C21H14.C5H5.Zr/c1-26(2,3)22-14-18-13-19-15-23(27(4,5)6)25(29(10,11)12)17-21(19)20(18)16-24(22)28(7,8)9;1-3-13-20-16(7-1)9-5-11-18(20)15-19-12-6-10-17-8-2-4-14-21(17)19;1-2-4-5-3-1;/h14,16-17H,13H2,1-12H3;1-14H;1-3H,4H2;. The van der Waals surface area contributed by atoms with Crippen LogP contribution in [0.3, 0.4) is 0 Å². The van der Waals surface area contributed by atoms with Gasteiger partial charge in [-0.1, -0.05) is 0 Å². The number of hydrogen-bond acceptors (Lipinski definition) is 0. The van der Waals surface area contributed by atoms with Gasteiger partial charge < -0.3 is 0 Å². The maximum atomic E-state index is 2.66. The summed E-state index contributed by atoms with van der Waals surface area (Å²) < 4.78 is 5.00. The van der Waals surface area contributed by atoms with E-state index in [-0.39, 0.29) is 21.7 Å². The van der Waals surface area contributed by atoms with Gasteiger partial charge >= 0.3 is 347 Å². The molecule has 0 aliphatic heterocycles. The summed E-state index contributed by atoms with van der Waals surface area (Å²) in [5.74, 6) is 0. The van der Waals surface area contributed by atoms with Crippen molar-refractivity contribution in [2.75, 3.05) is 0 Å². The van der Waals surface area contributed by atoms with Gasteiger partial charge in [-0.15, -0.1) is 0 Å². The number of fused-ring (bicyclic) bond motifs is 5. The van der Waals surface area contributed by atoms with E-state index in [0.29, 0.717) is 0 Å². The summed E-state index contributed by atoms with van der Waals surface area (Å²) in [5.41, 5.74) is 15.0. The molecule has 2 aliphatic rings. The Hall–Kier alpha value is -3.93. The fourth-order valence-corrected chi connectivity index (χ4v) is 18.8. The minimum atomic E-state index is -3.16. The minimum absolute atomic E-state index is 0.0341. The van der Waals surface area contributed by atoms with Crippen molar-refractivity contribution in [3.8, 4) is 11.1 Å². The second kappa shape index (κ2) is 13.9. The Balaban J connectivity index is 1.63. The van der Waals surface area contributed by atoms with Gasteiger partial charge in [-0.2, -0.15) is 0 Å². The van der Waals surface area contributed by atoms with Gasteiger partial charge in [0, 0.05) is 0 Å². The van der Waals surface area contributed by atoms with Gasteiger partial charge in [-0.25, -0.2) is 0 Å². The Kier molecular flexibility index (Phi) is 9.64. The summed E-state index contributed by atoms with van der Waals surface area (Å²) in [6, 6.07) is 40.2. The van der Waals surface area contributed by atoms with Crippen molar-refractivity contribution in [3.63, 3.8) is 0 Å². The Morgan fingerprint density at radius 3 is 1.52 bits per heavy atom. The molecule has 56 heavy (non-hydrogen) atoms. The predicted molar refractivity (Wildman–Crippen MR) is 242 cm³/mol. The third-order valence-corrected chi connectivity index (χ3v) is 19.8. The molecule has 8 rings (SSSR count). The molecule has 0 saturated heterocycles. The van der Waals surface area contributed by atoms with Crippen molar-refractivity contribution in [3.05, 3.63) is 169 Å². The van der Waals surface area contributed by atoms with Crippen molar-refractivity contribution in [2.24, 2.45) is 0 Å². The van der Waals surface area contributed by atoms with Crippen molar-refractivity contribution in [1.29, 1.82) is 0 Å². The molecular formula is C55H60Zr. The normalized spacial score (nSPS) is 14.3. The molecule has 0 atom stereocenters. The second-order valence-electron chi connectivity index (χ2n) is 20.6. The number of allylic oxidation sites excluding steroid dienone is 4. The summed E-state index contributed by atoms with van der Waals surface area (Å²) >= 11 is -3.16. The second-order valence-corrected chi connectivity index (χ2v) is 26.4. The predicted octanol–water partition coefficient (Wildman–Crippen LogP) is 14.1. The van der Waals surface area contributed by atoms with Crippen LogP contribution in [0.25, 0.3) is 32.7 Å². The first-order valence-corrected chi connectivity index (χ1v) is 24.5. The van der Waals surface area contributed by atoms with E-state index in [4.69, 9.17) is 0 Å². The van der Waals surface area contributed by atoms with Crippen LogP contribution in [0.15, 0.2) is 125 Å². The molecule has 0 unspecified atom stereocenters. The molecule has 0 bridgehead atoms. The molecule has 0 aromatic heterocycles. The maximum absolute atomic E-state index is 3.16. The Labute approximate surface area is 344 Å². The zero-order valence-electron chi connectivity index (χ0n) is 36.0. The van der Waals surface area contributed by atoms with Gasteiger partial charge in [0.2, 0.25) is 0 Å². The van der Waals surface area contributed by atoms with E-state index >= 15 is 0 Å². The Morgan fingerprint density at radius 1 is 0.518 bits per heavy atom. The third kappa shape index (κ3) is 6.81. The molecule has 0 heterocycles. The molecule has 6 aromatic carbocycles. The van der Waals surface area contributed by atoms with Crippen LogP contribution >= 0.6 is 0 Å². The molecule has 0 nitrogen and oxygen atoms in total. The van der Waals surface area contributed by atoms with Gasteiger partial charge in [0.25, 0.3) is 0 Å². The van der Waals surface area contributed by atoms with Crippen LogP contribution in [0, 0.1) is 0 Å². The molecule has 0 saturated carbocycles. The van der Waals surface area contributed by atoms with Crippen molar-refractivity contribution >= 4 is 28.0 Å². The number of rotatable bonds is 4. The first-order chi connectivity index (χ1) is 26.3. The fraction of sp³-hybridized carbons (Fsp3) is 0.327. The van der Waals surface area contributed by atoms with Crippen LogP contribution in [0.2, 0.25) is 0 Å². The quantitative estimate of drug-likeness (QED) is 0.166. The van der Waals surface area contributed by atoms with Gasteiger partial charge in [-0.05, 0) is 0 Å². The molecule has 0 N–H and O–H groups in total. The molecular weight excluding hydrogens is 752 g/mol. The molecule has 6 aromatic rings. The molecule has 284 valence electrons. The molecule has 0 amide bonds. The summed E-state index contributed by atoms with van der Waals surface area (Å²) in [7, 11) is 0. The Morgan fingerprint density at radius 2 is 1.02 bits per heavy atom. The van der Waals surface area contributed by atoms with Crippen molar-refractivity contribution in [2.45, 2.75) is 118 Å². The topological polar surface area (TPSA) is 0 Å². The first kappa shape index (κ1) is 38.9. The monoisotopic (exact) mass is 810 g/mol. The van der Waals surface area contributed by atoms with Crippen LogP contribution in [0.5, 0.6) is 0 Å². The molecule has 1 heteroatoms. The van der Waals surface area contributed by atoms with E-state index in [2.05, 4.69) is 204 Å². The first-order valence-electron chi connectivity index (χ1n) is 20.8. The zero-order valence-corrected chi connectivity index (χ0v) is 38.4. The SMILES string of the molecule is CC(C)(C)c1cc2c(cc1C(C)(C)C)-c1cc(C(C)(C)C)c(C(C)(C)C)[c]([Zr]([C]3=CC=CC3)=[C](c3cccc4ccccc34)c3cccc4ccccc34)c1C2. The average molecular weight is 812 g/mol. The van der Waals surface area contributed by atoms with Gasteiger partial charge in [0.15, 0.2) is 0 Å². The molecule has 0 radical (unpaired) electrons. The number of hydrogen-bond donors (Lipinski definition) is 0. The van der Waals surface area contributed by atoms with Crippen LogP contribution in [0.4, 0.5) is 0 Å².